The maximum absolute atomic E-state index is 11.6. The van der Waals surface area contributed by atoms with Crippen LogP contribution in [0.4, 0.5) is 0 Å². The standard InChI is InChI=1S/C13H18N2O3/c1-2-14-8-10-6-7-11(18-10)9-15-12(16)4-3-5-13(15)17/h6-7,14H,2-5,8-9H2,1H3. The molecule has 5 nitrogen and oxygen atoms in total. The Hall–Kier alpha value is -1.62. The van der Waals surface area contributed by atoms with Crippen LogP contribution in [-0.2, 0) is 22.7 Å². The van der Waals surface area contributed by atoms with Gasteiger partial charge in [-0.3, -0.25) is 14.5 Å². The lowest BCUT2D eigenvalue weighted by Gasteiger charge is -2.23. The highest BCUT2D eigenvalue weighted by Crippen LogP contribution is 2.17. The van der Waals surface area contributed by atoms with Gasteiger partial charge in [0, 0.05) is 12.8 Å². The molecule has 2 rings (SSSR count). The molecule has 18 heavy (non-hydrogen) atoms. The number of carbonyl (C=O) groups excluding carboxylic acids is 2. The number of furan rings is 1. The first-order valence-electron chi connectivity index (χ1n) is 6.32. The molecule has 1 N–H and O–H groups in total. The molecule has 0 radical (unpaired) electrons. The monoisotopic (exact) mass is 250 g/mol. The quantitative estimate of drug-likeness (QED) is 0.803. The average molecular weight is 250 g/mol. The van der Waals surface area contributed by atoms with E-state index >= 15 is 0 Å². The number of nitrogens with one attached hydrogen (secondary N) is 1. The highest BCUT2D eigenvalue weighted by atomic mass is 16.3. The van der Waals surface area contributed by atoms with E-state index in [0.717, 1.165) is 12.3 Å². The Balaban J connectivity index is 1.97. The summed E-state index contributed by atoms with van der Waals surface area (Å²) in [5.41, 5.74) is 0. The Morgan fingerprint density at radius 2 is 1.89 bits per heavy atom. The van der Waals surface area contributed by atoms with Crippen LogP contribution in [0.5, 0.6) is 0 Å². The Bertz CT molecular complexity index is 423. The van der Waals surface area contributed by atoms with E-state index in [4.69, 9.17) is 4.42 Å². The van der Waals surface area contributed by atoms with Gasteiger partial charge in [-0.05, 0) is 25.1 Å². The number of hydrogen-bond donors (Lipinski definition) is 1. The number of piperidine rings is 1. The predicted octanol–water partition coefficient (Wildman–Crippen LogP) is 1.43. The van der Waals surface area contributed by atoms with Crippen molar-refractivity contribution in [1.29, 1.82) is 0 Å². The Labute approximate surface area is 106 Å². The minimum absolute atomic E-state index is 0.101. The van der Waals surface area contributed by atoms with Gasteiger partial charge < -0.3 is 9.73 Å². The third kappa shape index (κ3) is 2.98. The predicted molar refractivity (Wildman–Crippen MR) is 65.5 cm³/mol. The second-order valence-corrected chi connectivity index (χ2v) is 4.38. The molecule has 2 amide bonds. The Morgan fingerprint density at radius 1 is 1.22 bits per heavy atom. The van der Waals surface area contributed by atoms with Gasteiger partial charge in [-0.1, -0.05) is 6.92 Å². The van der Waals surface area contributed by atoms with Gasteiger partial charge in [-0.25, -0.2) is 0 Å². The van der Waals surface area contributed by atoms with E-state index in [1.807, 2.05) is 19.1 Å². The lowest BCUT2D eigenvalue weighted by molar-refractivity contribution is -0.149. The average Bonchev–Trinajstić information content (AvgIpc) is 2.79. The number of imide groups is 1. The van der Waals surface area contributed by atoms with E-state index in [1.54, 1.807) is 0 Å². The highest BCUT2D eigenvalue weighted by Gasteiger charge is 2.26. The van der Waals surface area contributed by atoms with Crippen LogP contribution in [0.1, 0.15) is 37.7 Å². The van der Waals surface area contributed by atoms with E-state index in [2.05, 4.69) is 5.32 Å². The van der Waals surface area contributed by atoms with Gasteiger partial charge in [0.15, 0.2) is 0 Å². The van der Waals surface area contributed by atoms with Gasteiger partial charge in [0.1, 0.15) is 11.5 Å². The number of likely N-dealkylation sites (tertiary alicyclic amines) is 1. The number of hydrogen-bond acceptors (Lipinski definition) is 4. The van der Waals surface area contributed by atoms with Gasteiger partial charge in [0.25, 0.3) is 0 Å². The summed E-state index contributed by atoms with van der Waals surface area (Å²) >= 11 is 0. The maximum Gasteiger partial charge on any atom is 0.229 e. The molecule has 1 aliphatic heterocycles. The zero-order valence-electron chi connectivity index (χ0n) is 10.6. The molecule has 0 atom stereocenters. The molecular formula is C13H18N2O3. The summed E-state index contributed by atoms with van der Waals surface area (Å²) in [6.07, 6.45) is 1.57. The van der Waals surface area contributed by atoms with Gasteiger partial charge >= 0.3 is 0 Å². The Morgan fingerprint density at radius 3 is 2.56 bits per heavy atom. The molecule has 1 aromatic heterocycles. The van der Waals surface area contributed by atoms with Crippen molar-refractivity contribution in [2.24, 2.45) is 0 Å². The first kappa shape index (κ1) is 12.8. The summed E-state index contributed by atoms with van der Waals surface area (Å²) in [5, 5.41) is 3.16. The second kappa shape index (κ2) is 5.82. The van der Waals surface area contributed by atoms with Crippen LogP contribution in [0.2, 0.25) is 0 Å². The molecule has 1 saturated heterocycles. The van der Waals surface area contributed by atoms with Gasteiger partial charge in [0.05, 0.1) is 13.1 Å². The summed E-state index contributed by atoms with van der Waals surface area (Å²) in [7, 11) is 0. The zero-order valence-corrected chi connectivity index (χ0v) is 10.6. The van der Waals surface area contributed by atoms with E-state index in [1.165, 1.54) is 4.90 Å². The molecule has 0 bridgehead atoms. The molecular weight excluding hydrogens is 232 g/mol. The van der Waals surface area contributed by atoms with Crippen molar-refractivity contribution in [3.63, 3.8) is 0 Å². The zero-order chi connectivity index (χ0) is 13.0. The van der Waals surface area contributed by atoms with Crippen molar-refractivity contribution in [2.75, 3.05) is 6.54 Å². The third-order valence-corrected chi connectivity index (χ3v) is 2.96. The van der Waals surface area contributed by atoms with Crippen LogP contribution in [-0.4, -0.2) is 23.3 Å². The second-order valence-electron chi connectivity index (χ2n) is 4.38. The van der Waals surface area contributed by atoms with Crippen molar-refractivity contribution in [2.45, 2.75) is 39.3 Å². The van der Waals surface area contributed by atoms with E-state index in [0.29, 0.717) is 31.6 Å². The van der Waals surface area contributed by atoms with Crippen molar-refractivity contribution in [1.82, 2.24) is 10.2 Å². The summed E-state index contributed by atoms with van der Waals surface area (Å²) < 4.78 is 5.58. The van der Waals surface area contributed by atoms with Gasteiger partial charge in [-0.2, -0.15) is 0 Å². The minimum Gasteiger partial charge on any atom is -0.463 e. The molecule has 1 aromatic rings. The van der Waals surface area contributed by atoms with Crippen LogP contribution in [0.3, 0.4) is 0 Å². The minimum atomic E-state index is -0.101. The normalized spacial score (nSPS) is 16.4. The first-order valence-corrected chi connectivity index (χ1v) is 6.32. The fraction of sp³-hybridized carbons (Fsp3) is 0.538. The van der Waals surface area contributed by atoms with Crippen molar-refractivity contribution in [3.05, 3.63) is 23.7 Å². The lowest BCUT2D eigenvalue weighted by Crippen LogP contribution is -2.39. The fourth-order valence-corrected chi connectivity index (χ4v) is 1.98. The van der Waals surface area contributed by atoms with Crippen molar-refractivity contribution in [3.8, 4) is 0 Å². The van der Waals surface area contributed by atoms with Crippen LogP contribution >= 0.6 is 0 Å². The van der Waals surface area contributed by atoms with Crippen molar-refractivity contribution < 1.29 is 14.0 Å². The van der Waals surface area contributed by atoms with Crippen LogP contribution in [0.15, 0.2) is 16.5 Å². The van der Waals surface area contributed by atoms with E-state index in [9.17, 15) is 9.59 Å². The van der Waals surface area contributed by atoms with Crippen LogP contribution in [0, 0.1) is 0 Å². The van der Waals surface area contributed by atoms with E-state index in [-0.39, 0.29) is 18.4 Å². The van der Waals surface area contributed by atoms with E-state index < -0.39 is 0 Å². The van der Waals surface area contributed by atoms with Crippen LogP contribution in [0.25, 0.3) is 0 Å². The summed E-state index contributed by atoms with van der Waals surface area (Å²) in [6, 6.07) is 3.69. The molecule has 0 unspecified atom stereocenters. The number of rotatable bonds is 5. The fourth-order valence-electron chi connectivity index (χ4n) is 1.98. The maximum atomic E-state index is 11.6. The summed E-state index contributed by atoms with van der Waals surface area (Å²) in [4.78, 5) is 24.6. The van der Waals surface area contributed by atoms with Crippen molar-refractivity contribution >= 4 is 11.8 Å². The molecule has 0 aliphatic carbocycles. The van der Waals surface area contributed by atoms with Crippen LogP contribution < -0.4 is 5.32 Å². The summed E-state index contributed by atoms with van der Waals surface area (Å²) in [5.74, 6) is 1.28. The third-order valence-electron chi connectivity index (χ3n) is 2.96. The number of nitrogens with zero attached hydrogens (tertiary/aromatic N) is 1. The van der Waals surface area contributed by atoms with Gasteiger partial charge in [-0.15, -0.1) is 0 Å². The smallest absolute Gasteiger partial charge is 0.229 e. The number of carbonyl (C=O) groups is 2. The topological polar surface area (TPSA) is 62.6 Å². The SMILES string of the molecule is CCNCc1ccc(CN2C(=O)CCCC2=O)o1. The molecule has 1 aliphatic rings. The molecule has 0 aromatic carbocycles. The molecule has 0 spiro atoms. The molecule has 0 saturated carbocycles. The summed E-state index contributed by atoms with van der Waals surface area (Å²) in [6.45, 7) is 3.82. The number of amides is 2. The molecule has 2 heterocycles. The molecule has 1 fully saturated rings. The van der Waals surface area contributed by atoms with Gasteiger partial charge in [0.2, 0.25) is 11.8 Å². The largest absolute Gasteiger partial charge is 0.463 e. The first-order chi connectivity index (χ1) is 8.70. The lowest BCUT2D eigenvalue weighted by atomic mass is 10.1. The molecule has 98 valence electrons. The Kier molecular flexibility index (Phi) is 4.15. The highest BCUT2D eigenvalue weighted by molar-refractivity contribution is 5.97. The molecule has 5 heteroatoms.